The van der Waals surface area contributed by atoms with Gasteiger partial charge in [0.25, 0.3) is 0 Å². The highest BCUT2D eigenvalue weighted by Crippen LogP contribution is 2.35. The molecule has 2 rings (SSSR count). The smallest absolute Gasteiger partial charge is 0.353 e. The van der Waals surface area contributed by atoms with Crippen LogP contribution in [-0.2, 0) is 19.2 Å². The number of carboxylic acid groups (broad SMARTS) is 1. The van der Waals surface area contributed by atoms with Crippen LogP contribution in [0.2, 0.25) is 0 Å². The monoisotopic (exact) mass is 336 g/mol. The Morgan fingerprint density at radius 1 is 1.33 bits per heavy atom. The average Bonchev–Trinajstić information content (AvgIpc) is 3.05. The van der Waals surface area contributed by atoms with Crippen LogP contribution >= 0.6 is 0 Å². The number of esters is 1. The first-order valence-corrected chi connectivity index (χ1v) is 7.63. The summed E-state index contributed by atoms with van der Waals surface area (Å²) in [5.74, 6) is -1.48. The summed E-state index contributed by atoms with van der Waals surface area (Å²) in [4.78, 5) is 40.6. The number of hydroxylamine groups is 2. The van der Waals surface area contributed by atoms with E-state index in [1.54, 1.807) is 26.0 Å². The fourth-order valence-corrected chi connectivity index (χ4v) is 2.68. The highest BCUT2D eigenvalue weighted by Gasteiger charge is 2.40. The van der Waals surface area contributed by atoms with Crippen LogP contribution in [0.3, 0.4) is 0 Å². The van der Waals surface area contributed by atoms with Gasteiger partial charge in [0.05, 0.1) is 31.5 Å². The van der Waals surface area contributed by atoms with Crippen molar-refractivity contribution in [1.29, 1.82) is 0 Å². The van der Waals surface area contributed by atoms with Gasteiger partial charge in [-0.3, -0.25) is 14.2 Å². The molecule has 0 saturated carbocycles. The molecular formula is C16H20N2O6. The van der Waals surface area contributed by atoms with Crippen LogP contribution in [0, 0.1) is 0 Å². The molecule has 1 amide bonds. The fraction of sp³-hybridized carbons (Fsp3) is 0.438. The van der Waals surface area contributed by atoms with Gasteiger partial charge in [0.1, 0.15) is 6.04 Å². The van der Waals surface area contributed by atoms with Gasteiger partial charge in [-0.15, -0.1) is 0 Å². The van der Waals surface area contributed by atoms with E-state index in [0.29, 0.717) is 17.8 Å². The second-order valence-electron chi connectivity index (χ2n) is 5.16. The first-order valence-electron chi connectivity index (χ1n) is 7.63. The van der Waals surface area contributed by atoms with E-state index in [2.05, 4.69) is 0 Å². The summed E-state index contributed by atoms with van der Waals surface area (Å²) in [5, 5.41) is 10.2. The molecule has 0 fully saturated rings. The van der Waals surface area contributed by atoms with Crippen LogP contribution in [-0.4, -0.2) is 46.4 Å². The van der Waals surface area contributed by atoms with E-state index in [0.717, 1.165) is 5.06 Å². The first kappa shape index (κ1) is 17.7. The van der Waals surface area contributed by atoms with Crippen molar-refractivity contribution in [2.45, 2.75) is 32.7 Å². The van der Waals surface area contributed by atoms with Gasteiger partial charge in [0, 0.05) is 5.57 Å². The lowest BCUT2D eigenvalue weighted by molar-refractivity contribution is -0.151. The van der Waals surface area contributed by atoms with E-state index >= 15 is 0 Å². The zero-order valence-electron chi connectivity index (χ0n) is 13.8. The minimum absolute atomic E-state index is 0.0415. The molecular weight excluding hydrogens is 316 g/mol. The summed E-state index contributed by atoms with van der Waals surface area (Å²) in [6.45, 7) is 3.68. The van der Waals surface area contributed by atoms with E-state index < -0.39 is 24.0 Å². The number of rotatable bonds is 7. The van der Waals surface area contributed by atoms with Crippen LogP contribution in [0.1, 0.15) is 44.1 Å². The summed E-state index contributed by atoms with van der Waals surface area (Å²) in [6, 6.07) is 2.25. The molecule has 1 unspecified atom stereocenters. The molecule has 0 radical (unpaired) electrons. The van der Waals surface area contributed by atoms with E-state index in [1.807, 2.05) is 0 Å². The lowest BCUT2D eigenvalue weighted by Gasteiger charge is -2.20. The van der Waals surface area contributed by atoms with Crippen LogP contribution in [0.15, 0.2) is 17.7 Å². The highest BCUT2D eigenvalue weighted by molar-refractivity contribution is 5.93. The maximum absolute atomic E-state index is 12.5. The minimum Gasteiger partial charge on any atom is -0.478 e. The van der Waals surface area contributed by atoms with Crippen LogP contribution in [0.25, 0.3) is 6.08 Å². The molecule has 0 aromatic carbocycles. The molecule has 1 aromatic heterocycles. The highest BCUT2D eigenvalue weighted by atomic mass is 16.7. The van der Waals surface area contributed by atoms with Crippen LogP contribution in [0.5, 0.6) is 0 Å². The van der Waals surface area contributed by atoms with Crippen molar-refractivity contribution < 1.29 is 29.1 Å². The standard InChI is InChI=1S/C16H20N2O6/c1-4-10(15(20)21)8-11-6-7-12-13(9-14(19)24-5-2)18(23-3)16(22)17(11)12/h6-8,13H,4-5,9H2,1-3H3,(H,20,21)/b10-8+. The maximum atomic E-state index is 12.5. The van der Waals surface area contributed by atoms with Crippen molar-refractivity contribution in [1.82, 2.24) is 9.63 Å². The summed E-state index contributed by atoms with van der Waals surface area (Å²) in [7, 11) is 1.34. The van der Waals surface area contributed by atoms with Crippen molar-refractivity contribution in [3.8, 4) is 0 Å². The van der Waals surface area contributed by atoms with Crippen LogP contribution < -0.4 is 0 Å². The molecule has 8 heteroatoms. The summed E-state index contributed by atoms with van der Waals surface area (Å²) < 4.78 is 6.29. The Balaban J connectivity index is 2.40. The van der Waals surface area contributed by atoms with E-state index in [9.17, 15) is 14.4 Å². The summed E-state index contributed by atoms with van der Waals surface area (Å²) in [5.41, 5.74) is 1.17. The van der Waals surface area contributed by atoms with Crippen molar-refractivity contribution in [3.05, 3.63) is 29.1 Å². The number of carbonyl (C=O) groups is 3. The molecule has 0 spiro atoms. The van der Waals surface area contributed by atoms with Gasteiger partial charge >= 0.3 is 18.0 Å². The van der Waals surface area contributed by atoms with E-state index in [4.69, 9.17) is 14.7 Å². The topological polar surface area (TPSA) is 98.1 Å². The van der Waals surface area contributed by atoms with Gasteiger partial charge in [-0.1, -0.05) is 6.92 Å². The molecule has 1 aromatic rings. The summed E-state index contributed by atoms with van der Waals surface area (Å²) in [6.07, 6.45) is 1.73. The number of fused-ring (bicyclic) bond motifs is 1. The Kier molecular flexibility index (Phi) is 5.40. The fourth-order valence-electron chi connectivity index (χ4n) is 2.68. The molecule has 24 heavy (non-hydrogen) atoms. The number of hydrogen-bond acceptors (Lipinski definition) is 5. The number of amides is 1. The SMILES string of the molecule is CCOC(=O)CC1c2ccc(/C=C(\CC)C(=O)O)n2C(=O)N1OC. The number of aliphatic carboxylic acids is 1. The molecule has 130 valence electrons. The Morgan fingerprint density at radius 2 is 2.04 bits per heavy atom. The quantitative estimate of drug-likeness (QED) is 0.605. The summed E-state index contributed by atoms with van der Waals surface area (Å²) >= 11 is 0. The Labute approximate surface area is 139 Å². The molecule has 1 atom stereocenters. The van der Waals surface area contributed by atoms with Gasteiger partial charge < -0.3 is 9.84 Å². The molecule has 0 saturated heterocycles. The predicted molar refractivity (Wildman–Crippen MR) is 84.0 cm³/mol. The average molecular weight is 336 g/mol. The van der Waals surface area contributed by atoms with Gasteiger partial charge in [-0.25, -0.2) is 9.59 Å². The first-order chi connectivity index (χ1) is 11.4. The molecule has 1 aliphatic heterocycles. The number of ether oxygens (including phenoxy) is 1. The molecule has 0 aliphatic carbocycles. The second kappa shape index (κ2) is 7.31. The normalized spacial score (nSPS) is 17.1. The third kappa shape index (κ3) is 3.18. The molecule has 1 N–H and O–H groups in total. The molecule has 8 nitrogen and oxygen atoms in total. The van der Waals surface area contributed by atoms with Gasteiger partial charge in [0.2, 0.25) is 0 Å². The lowest BCUT2D eigenvalue weighted by Crippen LogP contribution is -2.30. The zero-order chi connectivity index (χ0) is 17.9. The van der Waals surface area contributed by atoms with E-state index in [1.165, 1.54) is 17.8 Å². The zero-order valence-corrected chi connectivity index (χ0v) is 13.8. The van der Waals surface area contributed by atoms with Gasteiger partial charge in [-0.2, -0.15) is 5.06 Å². The largest absolute Gasteiger partial charge is 0.478 e. The number of aromatic nitrogens is 1. The third-order valence-corrected chi connectivity index (χ3v) is 3.79. The Morgan fingerprint density at radius 3 is 2.58 bits per heavy atom. The number of carbonyl (C=O) groups excluding carboxylic acids is 2. The number of nitrogens with zero attached hydrogens (tertiary/aromatic N) is 2. The van der Waals surface area contributed by atoms with Gasteiger partial charge in [0.15, 0.2) is 0 Å². The third-order valence-electron chi connectivity index (χ3n) is 3.79. The maximum Gasteiger partial charge on any atom is 0.353 e. The van der Waals surface area contributed by atoms with Crippen molar-refractivity contribution in [2.24, 2.45) is 0 Å². The number of hydrogen-bond donors (Lipinski definition) is 1. The lowest BCUT2D eigenvalue weighted by atomic mass is 10.1. The Bertz CT molecular complexity index is 691. The predicted octanol–water partition coefficient (Wildman–Crippen LogP) is 2.21. The molecule has 0 bridgehead atoms. The van der Waals surface area contributed by atoms with E-state index in [-0.39, 0.29) is 18.6 Å². The van der Waals surface area contributed by atoms with Crippen molar-refractivity contribution in [3.63, 3.8) is 0 Å². The van der Waals surface area contributed by atoms with Crippen LogP contribution in [0.4, 0.5) is 4.79 Å². The molecule has 1 aliphatic rings. The minimum atomic E-state index is -1.04. The van der Waals surface area contributed by atoms with Crippen molar-refractivity contribution >= 4 is 24.0 Å². The van der Waals surface area contributed by atoms with Crippen molar-refractivity contribution in [2.75, 3.05) is 13.7 Å². The second-order valence-corrected chi connectivity index (χ2v) is 5.16. The number of carboxylic acids is 1. The van der Waals surface area contributed by atoms with Gasteiger partial charge in [-0.05, 0) is 31.6 Å². The Hall–Kier alpha value is -2.61. The molecule has 2 heterocycles.